The van der Waals surface area contributed by atoms with Crippen molar-refractivity contribution in [2.45, 2.75) is 13.8 Å². The Hall–Kier alpha value is 3.56. The summed E-state index contributed by atoms with van der Waals surface area (Å²) >= 11 is 0. The molecule has 0 bridgehead atoms. The van der Waals surface area contributed by atoms with Crippen molar-refractivity contribution in [3.8, 4) is 0 Å². The van der Waals surface area contributed by atoms with Crippen LogP contribution in [0, 0.1) is 0 Å². The molecule has 0 atom stereocenters. The van der Waals surface area contributed by atoms with Crippen molar-refractivity contribution in [2.75, 3.05) is 0 Å². The zero-order chi connectivity index (χ0) is 8.08. The molecule has 0 rings (SSSR count). The molecule has 0 saturated heterocycles. The van der Waals surface area contributed by atoms with E-state index in [-0.39, 0.29) is 119 Å². The van der Waals surface area contributed by atoms with Gasteiger partial charge in [-0.3, -0.25) is 0 Å². The van der Waals surface area contributed by atoms with Crippen LogP contribution in [0.2, 0.25) is 0 Å². The van der Waals surface area contributed by atoms with Crippen molar-refractivity contribution in [2.24, 2.45) is 0 Å². The predicted octanol–water partition coefficient (Wildman–Crippen LogP) is -3.08. The molecule has 0 aliphatic rings. The van der Waals surface area contributed by atoms with Gasteiger partial charge >= 0.3 is 121 Å². The first-order valence-electron chi connectivity index (χ1n) is 1.99. The first-order chi connectivity index (χ1) is 3.73. The van der Waals surface area contributed by atoms with E-state index in [0.29, 0.717) is 0 Å². The molecule has 0 aromatic heterocycles. The maximum atomic E-state index is 9.44. The van der Waals surface area contributed by atoms with E-state index in [1.807, 2.05) is 0 Å². The molecule has 0 amide bonds. The number of phosphoric acid groups is 1. The van der Waals surface area contributed by atoms with Gasteiger partial charge in [-0.05, 0) is 13.8 Å². The Bertz CT molecular complexity index is 122. The summed E-state index contributed by atoms with van der Waals surface area (Å²) in [5.41, 5.74) is 0. The number of hydrogen-bond donors (Lipinski definition) is 3. The van der Waals surface area contributed by atoms with Gasteiger partial charge in [0.1, 0.15) is 5.78 Å². The number of rotatable bonds is 0. The summed E-state index contributed by atoms with van der Waals surface area (Å²) in [6, 6.07) is 0. The molecule has 0 fully saturated rings. The van der Waals surface area contributed by atoms with E-state index in [1.165, 1.54) is 13.8 Å². The van der Waals surface area contributed by atoms with Crippen molar-refractivity contribution in [3.63, 3.8) is 0 Å². The molecule has 3 N–H and O–H groups in total. The molecule has 0 aromatic rings. The van der Waals surface area contributed by atoms with Crippen molar-refractivity contribution < 1.29 is 24.0 Å². The number of carbonyl (C=O) groups excluding carboxylic acids is 1. The number of carbonyl (C=O) groups is 1. The molecule has 0 aromatic carbocycles. The Kier molecular flexibility index (Phi) is 41.8. The normalized spacial score (nSPS) is 7.08. The average molecular weight is 282 g/mol. The minimum atomic E-state index is -4.64. The fourth-order valence-electron chi connectivity index (χ4n) is 0. The molecule has 68 valence electrons. The van der Waals surface area contributed by atoms with E-state index in [4.69, 9.17) is 19.2 Å². The van der Waals surface area contributed by atoms with Crippen LogP contribution in [0.25, 0.3) is 0 Å². The molecule has 0 heterocycles. The Balaban J connectivity index is -0.0000000221. The van der Waals surface area contributed by atoms with Crippen LogP contribution in [-0.2, 0) is 9.36 Å². The Morgan fingerprint density at radius 2 is 1.00 bits per heavy atom. The number of ketones is 1. The van der Waals surface area contributed by atoms with E-state index in [9.17, 15) is 4.79 Å². The van der Waals surface area contributed by atoms with Crippen molar-refractivity contribution in [3.05, 3.63) is 0 Å². The molecule has 5 nitrogen and oxygen atoms in total. The average Bonchev–Trinajstić information content (AvgIpc) is 1.19. The molecule has 0 radical (unpaired) electrons. The van der Waals surface area contributed by atoms with Crippen LogP contribution >= 0.6 is 7.82 Å². The molecule has 0 saturated carbocycles. The fraction of sp³-hybridized carbons (Fsp3) is 0.667. The summed E-state index contributed by atoms with van der Waals surface area (Å²) in [4.78, 5) is 31.0. The summed E-state index contributed by atoms with van der Waals surface area (Å²) in [7, 11) is -4.64. The Morgan fingerprint density at radius 1 is 1.00 bits per heavy atom. The van der Waals surface area contributed by atoms with E-state index < -0.39 is 7.82 Å². The summed E-state index contributed by atoms with van der Waals surface area (Å²) < 4.78 is 8.88. The Labute approximate surface area is 161 Å². The molecular formula is C3H15Ca3O5P. The fourth-order valence-corrected chi connectivity index (χ4v) is 0. The standard InChI is InChI=1S/C3H6O.3Ca.H3O4P.6H/c1-3(2)4;;;;1-5(2,3)4;;;;;;/h1-2H3;;;;(H3,1,2,3,4);;;;;;. The molecule has 9 heteroatoms. The van der Waals surface area contributed by atoms with Crippen molar-refractivity contribution >= 4 is 127 Å². The second kappa shape index (κ2) is 17.0. The molecule has 0 aliphatic carbocycles. The van der Waals surface area contributed by atoms with Gasteiger partial charge in [0, 0.05) is 0 Å². The first-order valence-corrected chi connectivity index (χ1v) is 3.55. The minimum absolute atomic E-state index is 0. The van der Waals surface area contributed by atoms with Crippen LogP contribution in [0.1, 0.15) is 13.8 Å². The zero-order valence-electron chi connectivity index (χ0n) is 5.11. The van der Waals surface area contributed by atoms with Crippen LogP contribution in [0.4, 0.5) is 0 Å². The number of hydrogen-bond acceptors (Lipinski definition) is 2. The van der Waals surface area contributed by atoms with E-state index in [1.54, 1.807) is 0 Å². The molecule has 0 aliphatic heterocycles. The van der Waals surface area contributed by atoms with Gasteiger partial charge in [-0.15, -0.1) is 0 Å². The van der Waals surface area contributed by atoms with Gasteiger partial charge in [-0.2, -0.15) is 0 Å². The van der Waals surface area contributed by atoms with Gasteiger partial charge in [0.25, 0.3) is 0 Å². The zero-order valence-corrected chi connectivity index (χ0v) is 6.00. The second-order valence-electron chi connectivity index (χ2n) is 1.42. The first kappa shape index (κ1) is 29.6. The summed E-state index contributed by atoms with van der Waals surface area (Å²) in [6.45, 7) is 3.06. The molecule has 0 spiro atoms. The van der Waals surface area contributed by atoms with Gasteiger partial charge in [0.15, 0.2) is 0 Å². The third kappa shape index (κ3) is 169. The van der Waals surface area contributed by atoms with Gasteiger partial charge in [0.2, 0.25) is 0 Å². The van der Waals surface area contributed by atoms with Crippen molar-refractivity contribution in [1.29, 1.82) is 0 Å². The van der Waals surface area contributed by atoms with Gasteiger partial charge in [-0.25, -0.2) is 4.57 Å². The van der Waals surface area contributed by atoms with Crippen LogP contribution < -0.4 is 0 Å². The predicted molar refractivity (Wildman–Crippen MR) is 56.2 cm³/mol. The monoisotopic (exact) mass is 282 g/mol. The summed E-state index contributed by atoms with van der Waals surface area (Å²) in [5.74, 6) is 0.167. The Morgan fingerprint density at radius 3 is 1.00 bits per heavy atom. The summed E-state index contributed by atoms with van der Waals surface area (Å²) in [5, 5.41) is 0. The van der Waals surface area contributed by atoms with Gasteiger partial charge in [-0.1, -0.05) is 0 Å². The van der Waals surface area contributed by atoms with Crippen LogP contribution in [-0.4, -0.2) is 134 Å². The second-order valence-corrected chi connectivity index (χ2v) is 2.45. The molecule has 0 unspecified atom stereocenters. The third-order valence-corrected chi connectivity index (χ3v) is 0. The van der Waals surface area contributed by atoms with Gasteiger partial charge < -0.3 is 19.5 Å². The van der Waals surface area contributed by atoms with E-state index in [0.717, 1.165) is 0 Å². The number of Topliss-reactive ketones (excluding diaryl/α,β-unsaturated/α-hetero) is 1. The van der Waals surface area contributed by atoms with Crippen LogP contribution in [0.3, 0.4) is 0 Å². The van der Waals surface area contributed by atoms with Crippen molar-refractivity contribution in [1.82, 2.24) is 0 Å². The van der Waals surface area contributed by atoms with Crippen LogP contribution in [0.15, 0.2) is 0 Å². The summed E-state index contributed by atoms with van der Waals surface area (Å²) in [6.07, 6.45) is 0. The van der Waals surface area contributed by atoms with Crippen LogP contribution in [0.5, 0.6) is 0 Å². The van der Waals surface area contributed by atoms with E-state index >= 15 is 0 Å². The quantitative estimate of drug-likeness (QED) is 0.323. The van der Waals surface area contributed by atoms with E-state index in [2.05, 4.69) is 0 Å². The maximum absolute atomic E-state index is 9.44. The van der Waals surface area contributed by atoms with Gasteiger partial charge in [0.05, 0.1) is 0 Å². The molecular weight excluding hydrogens is 267 g/mol. The topological polar surface area (TPSA) is 94.8 Å². The third-order valence-electron chi connectivity index (χ3n) is 0. The SMILES string of the molecule is CC(C)=O.O=P(O)(O)O.[CaH2].[CaH2].[CaH2]. The molecule has 12 heavy (non-hydrogen) atoms.